The monoisotopic (exact) mass is 266 g/mol. The van der Waals surface area contributed by atoms with Crippen LogP contribution >= 0.6 is 0 Å². The Kier molecular flexibility index (Phi) is 3.59. The Morgan fingerprint density at radius 3 is 2.42 bits per heavy atom. The predicted molar refractivity (Wildman–Crippen MR) is 63.4 cm³/mol. The number of hydrogen-bond acceptors (Lipinski definition) is 3. The van der Waals surface area contributed by atoms with Gasteiger partial charge in [-0.1, -0.05) is 5.16 Å². The number of hydrogen-bond donors (Lipinski definition) is 0. The molecule has 4 nitrogen and oxygen atoms in total. The lowest BCUT2D eigenvalue weighted by molar-refractivity contribution is 0.0781. The van der Waals surface area contributed by atoms with Gasteiger partial charge in [-0.2, -0.15) is 0 Å². The molecule has 1 aromatic carbocycles. The molecule has 0 bridgehead atoms. The second kappa shape index (κ2) is 5.17. The van der Waals surface area contributed by atoms with E-state index in [0.717, 1.165) is 18.2 Å². The van der Waals surface area contributed by atoms with Crippen LogP contribution in [0.5, 0.6) is 0 Å². The number of benzene rings is 1. The van der Waals surface area contributed by atoms with Crippen molar-refractivity contribution in [3.8, 4) is 0 Å². The van der Waals surface area contributed by atoms with E-state index < -0.39 is 17.5 Å². The van der Waals surface area contributed by atoms with E-state index in [0.29, 0.717) is 11.5 Å². The molecule has 0 aliphatic rings. The normalized spacial score (nSPS) is 10.5. The van der Waals surface area contributed by atoms with E-state index in [1.165, 1.54) is 11.9 Å². The quantitative estimate of drug-likeness (QED) is 0.857. The summed E-state index contributed by atoms with van der Waals surface area (Å²) in [6.07, 6.45) is 0. The van der Waals surface area contributed by atoms with Gasteiger partial charge in [0.05, 0.1) is 6.54 Å². The average molecular weight is 266 g/mol. The third kappa shape index (κ3) is 3.15. The van der Waals surface area contributed by atoms with Gasteiger partial charge < -0.3 is 9.42 Å². The van der Waals surface area contributed by atoms with Gasteiger partial charge >= 0.3 is 0 Å². The van der Waals surface area contributed by atoms with E-state index in [9.17, 15) is 13.6 Å². The molecular formula is C13H12F2N2O2. The van der Waals surface area contributed by atoms with Crippen LogP contribution in [0.25, 0.3) is 0 Å². The molecule has 2 rings (SSSR count). The van der Waals surface area contributed by atoms with E-state index in [-0.39, 0.29) is 12.1 Å². The zero-order chi connectivity index (χ0) is 14.0. The minimum absolute atomic E-state index is 0.0415. The number of carbonyl (C=O) groups is 1. The van der Waals surface area contributed by atoms with Crippen molar-refractivity contribution >= 4 is 5.91 Å². The van der Waals surface area contributed by atoms with Gasteiger partial charge in [0.25, 0.3) is 5.91 Å². The average Bonchev–Trinajstić information content (AvgIpc) is 2.72. The number of aromatic nitrogens is 1. The van der Waals surface area contributed by atoms with Crippen molar-refractivity contribution in [1.82, 2.24) is 10.1 Å². The Hall–Kier alpha value is -2.24. The molecule has 0 N–H and O–H groups in total. The van der Waals surface area contributed by atoms with Gasteiger partial charge in [0, 0.05) is 24.7 Å². The third-order valence-electron chi connectivity index (χ3n) is 2.53. The Balaban J connectivity index is 2.14. The second-order valence-corrected chi connectivity index (χ2v) is 4.25. The summed E-state index contributed by atoms with van der Waals surface area (Å²) in [5.74, 6) is -1.42. The maximum absolute atomic E-state index is 13.0. The maximum Gasteiger partial charge on any atom is 0.254 e. The first-order valence-electron chi connectivity index (χ1n) is 5.59. The molecule has 0 fully saturated rings. The Morgan fingerprint density at radius 1 is 1.26 bits per heavy atom. The summed E-state index contributed by atoms with van der Waals surface area (Å²) >= 11 is 0. The molecule has 1 amide bonds. The highest BCUT2D eigenvalue weighted by molar-refractivity contribution is 5.94. The summed E-state index contributed by atoms with van der Waals surface area (Å²) in [5.41, 5.74) is 0.533. The van der Waals surface area contributed by atoms with Gasteiger partial charge in [0.2, 0.25) is 0 Å². The van der Waals surface area contributed by atoms with Gasteiger partial charge in [-0.05, 0) is 19.1 Å². The van der Waals surface area contributed by atoms with E-state index in [1.807, 2.05) is 0 Å². The molecule has 0 unspecified atom stereocenters. The smallest absolute Gasteiger partial charge is 0.254 e. The highest BCUT2D eigenvalue weighted by atomic mass is 19.1. The molecular weight excluding hydrogens is 254 g/mol. The van der Waals surface area contributed by atoms with Crippen LogP contribution in [-0.4, -0.2) is 23.0 Å². The summed E-state index contributed by atoms with van der Waals surface area (Å²) in [7, 11) is 1.52. The fourth-order valence-corrected chi connectivity index (χ4v) is 1.70. The molecule has 0 atom stereocenters. The minimum atomic E-state index is -0.783. The molecule has 19 heavy (non-hydrogen) atoms. The SMILES string of the molecule is Cc1cc(CN(C)C(=O)c2cc(F)cc(F)c2)no1. The van der Waals surface area contributed by atoms with E-state index in [4.69, 9.17) is 4.52 Å². The van der Waals surface area contributed by atoms with Crippen molar-refractivity contribution in [3.63, 3.8) is 0 Å². The van der Waals surface area contributed by atoms with E-state index in [1.54, 1.807) is 13.0 Å². The van der Waals surface area contributed by atoms with E-state index >= 15 is 0 Å². The molecule has 0 radical (unpaired) electrons. The van der Waals surface area contributed by atoms with Crippen LogP contribution in [0.2, 0.25) is 0 Å². The standard InChI is InChI=1S/C13H12F2N2O2/c1-8-3-12(16-19-8)7-17(2)13(18)9-4-10(14)6-11(15)5-9/h3-6H,7H2,1-2H3. The van der Waals surface area contributed by atoms with Crippen LogP contribution in [0.4, 0.5) is 8.78 Å². The number of aryl methyl sites for hydroxylation is 1. The number of amides is 1. The zero-order valence-corrected chi connectivity index (χ0v) is 10.5. The molecule has 0 aliphatic heterocycles. The molecule has 0 saturated heterocycles. The molecule has 100 valence electrons. The van der Waals surface area contributed by atoms with Gasteiger partial charge in [-0.3, -0.25) is 4.79 Å². The Labute approximate surface area is 108 Å². The van der Waals surface area contributed by atoms with Crippen molar-refractivity contribution in [2.45, 2.75) is 13.5 Å². The molecule has 0 aliphatic carbocycles. The first kappa shape index (κ1) is 13.2. The van der Waals surface area contributed by atoms with Gasteiger partial charge in [-0.15, -0.1) is 0 Å². The largest absolute Gasteiger partial charge is 0.361 e. The van der Waals surface area contributed by atoms with Crippen molar-refractivity contribution in [3.05, 3.63) is 52.9 Å². The van der Waals surface area contributed by atoms with Crippen LogP contribution in [0.1, 0.15) is 21.8 Å². The molecule has 1 aromatic heterocycles. The fraction of sp³-hybridized carbons (Fsp3) is 0.231. The van der Waals surface area contributed by atoms with Crippen molar-refractivity contribution in [1.29, 1.82) is 0 Å². The predicted octanol–water partition coefficient (Wildman–Crippen LogP) is 2.53. The van der Waals surface area contributed by atoms with Crippen LogP contribution in [0.15, 0.2) is 28.8 Å². The first-order chi connectivity index (χ1) is 8.95. The number of carbonyl (C=O) groups excluding carboxylic acids is 1. The number of halogens is 2. The van der Waals surface area contributed by atoms with Crippen LogP contribution in [-0.2, 0) is 6.54 Å². The topological polar surface area (TPSA) is 46.3 Å². The number of nitrogens with zero attached hydrogens (tertiary/aromatic N) is 2. The summed E-state index contributed by atoms with van der Waals surface area (Å²) in [5, 5.41) is 3.75. The number of rotatable bonds is 3. The lowest BCUT2D eigenvalue weighted by Gasteiger charge is -2.15. The van der Waals surface area contributed by atoms with Crippen molar-refractivity contribution < 1.29 is 18.1 Å². The summed E-state index contributed by atoms with van der Waals surface area (Å²) in [6.45, 7) is 1.94. The highest BCUT2D eigenvalue weighted by Crippen LogP contribution is 2.12. The first-order valence-corrected chi connectivity index (χ1v) is 5.59. The van der Waals surface area contributed by atoms with Crippen molar-refractivity contribution in [2.24, 2.45) is 0 Å². The van der Waals surface area contributed by atoms with Gasteiger partial charge in [0.1, 0.15) is 23.1 Å². The molecule has 2 aromatic rings. The third-order valence-corrected chi connectivity index (χ3v) is 2.53. The van der Waals surface area contributed by atoms with Crippen molar-refractivity contribution in [2.75, 3.05) is 7.05 Å². The minimum Gasteiger partial charge on any atom is -0.361 e. The van der Waals surface area contributed by atoms with Crippen LogP contribution < -0.4 is 0 Å². The summed E-state index contributed by atoms with van der Waals surface area (Å²) in [6, 6.07) is 4.40. The fourth-order valence-electron chi connectivity index (χ4n) is 1.70. The molecule has 6 heteroatoms. The zero-order valence-electron chi connectivity index (χ0n) is 10.5. The van der Waals surface area contributed by atoms with Gasteiger partial charge in [0.15, 0.2) is 0 Å². The molecule has 1 heterocycles. The second-order valence-electron chi connectivity index (χ2n) is 4.25. The van der Waals surface area contributed by atoms with Crippen LogP contribution in [0.3, 0.4) is 0 Å². The Bertz CT molecular complexity index is 590. The lowest BCUT2D eigenvalue weighted by atomic mass is 10.2. The maximum atomic E-state index is 13.0. The Morgan fingerprint density at radius 2 is 1.89 bits per heavy atom. The van der Waals surface area contributed by atoms with Gasteiger partial charge in [-0.25, -0.2) is 8.78 Å². The molecule has 0 spiro atoms. The summed E-state index contributed by atoms with van der Waals surface area (Å²) < 4.78 is 31.0. The lowest BCUT2D eigenvalue weighted by Crippen LogP contribution is -2.26. The molecule has 0 saturated carbocycles. The highest BCUT2D eigenvalue weighted by Gasteiger charge is 2.15. The van der Waals surface area contributed by atoms with E-state index in [2.05, 4.69) is 5.16 Å². The van der Waals surface area contributed by atoms with Crippen LogP contribution in [0, 0.1) is 18.6 Å². The summed E-state index contributed by atoms with van der Waals surface area (Å²) in [4.78, 5) is 13.3.